The number of aryl methyl sites for hydroxylation is 1. The largest absolute Gasteiger partial charge is 0.444 e. The first kappa shape index (κ1) is 20.4. The van der Waals surface area contributed by atoms with Gasteiger partial charge >= 0.3 is 6.09 Å². The van der Waals surface area contributed by atoms with Crippen LogP contribution < -0.4 is 10.6 Å². The fourth-order valence-electron chi connectivity index (χ4n) is 2.21. The molecule has 0 saturated carbocycles. The highest BCUT2D eigenvalue weighted by molar-refractivity contribution is 7.17. The molecule has 2 rings (SSSR count). The van der Waals surface area contributed by atoms with E-state index in [1.165, 1.54) is 16.2 Å². The zero-order valence-corrected chi connectivity index (χ0v) is 17.6. The molecule has 0 spiro atoms. The molecule has 2 aromatic rings. The number of rotatable bonds is 5. The SMILES string of the molecule is Cc1ccc(-c2csc(NC(=O)CC(C)(C)NC(=O)OC(C)(C)C)n2)s1. The summed E-state index contributed by atoms with van der Waals surface area (Å²) in [5.74, 6) is -0.214. The van der Waals surface area contributed by atoms with Gasteiger partial charge in [0, 0.05) is 22.2 Å². The van der Waals surface area contributed by atoms with E-state index in [0.717, 1.165) is 10.6 Å². The number of thiazole rings is 1. The zero-order valence-electron chi connectivity index (χ0n) is 15.9. The Kier molecular flexibility index (Phi) is 6.08. The minimum atomic E-state index is -0.739. The molecule has 142 valence electrons. The summed E-state index contributed by atoms with van der Waals surface area (Å²) in [5.41, 5.74) is -0.466. The lowest BCUT2D eigenvalue weighted by Gasteiger charge is -2.28. The molecular formula is C18H25N3O3S2. The van der Waals surface area contributed by atoms with Crippen molar-refractivity contribution in [3.63, 3.8) is 0 Å². The summed E-state index contributed by atoms with van der Waals surface area (Å²) in [6, 6.07) is 4.07. The molecule has 0 atom stereocenters. The normalized spacial score (nSPS) is 11.9. The number of carbonyl (C=O) groups is 2. The predicted molar refractivity (Wildman–Crippen MR) is 107 cm³/mol. The molecule has 0 radical (unpaired) electrons. The number of carbonyl (C=O) groups excluding carboxylic acids is 2. The Morgan fingerprint density at radius 1 is 1.19 bits per heavy atom. The summed E-state index contributed by atoms with van der Waals surface area (Å²) in [7, 11) is 0. The number of anilines is 1. The summed E-state index contributed by atoms with van der Waals surface area (Å²) in [6.07, 6.45) is -0.431. The van der Waals surface area contributed by atoms with Crippen LogP contribution >= 0.6 is 22.7 Å². The molecule has 2 aromatic heterocycles. The van der Waals surface area contributed by atoms with E-state index < -0.39 is 17.2 Å². The summed E-state index contributed by atoms with van der Waals surface area (Å²) in [4.78, 5) is 31.0. The molecule has 0 aromatic carbocycles. The van der Waals surface area contributed by atoms with E-state index in [4.69, 9.17) is 4.74 Å². The molecule has 2 N–H and O–H groups in total. The average Bonchev–Trinajstić information content (AvgIpc) is 3.03. The van der Waals surface area contributed by atoms with Gasteiger partial charge in [0.1, 0.15) is 5.60 Å². The van der Waals surface area contributed by atoms with Gasteiger partial charge in [0.15, 0.2) is 5.13 Å². The standard InChI is InChI=1S/C18H25N3O3S2/c1-11-7-8-13(26-11)12-10-25-15(19-12)20-14(22)9-18(5,6)21-16(23)24-17(2,3)4/h7-8,10H,9H2,1-6H3,(H,21,23)(H,19,20,22). The van der Waals surface area contributed by atoms with E-state index in [9.17, 15) is 9.59 Å². The van der Waals surface area contributed by atoms with Gasteiger partial charge in [-0.3, -0.25) is 4.79 Å². The minimum Gasteiger partial charge on any atom is -0.444 e. The van der Waals surface area contributed by atoms with Gasteiger partial charge in [0.2, 0.25) is 5.91 Å². The van der Waals surface area contributed by atoms with Crippen LogP contribution in [0.1, 0.15) is 45.9 Å². The molecule has 0 saturated heterocycles. The van der Waals surface area contributed by atoms with Crippen LogP contribution in [0.3, 0.4) is 0 Å². The quantitative estimate of drug-likeness (QED) is 0.761. The highest BCUT2D eigenvalue weighted by Crippen LogP contribution is 2.30. The zero-order chi connectivity index (χ0) is 19.5. The number of ether oxygens (including phenoxy) is 1. The molecular weight excluding hydrogens is 370 g/mol. The first-order valence-corrected chi connectivity index (χ1v) is 9.96. The minimum absolute atomic E-state index is 0.110. The molecule has 2 amide bonds. The molecule has 0 fully saturated rings. The fraction of sp³-hybridized carbons (Fsp3) is 0.500. The molecule has 0 aliphatic heterocycles. The lowest BCUT2D eigenvalue weighted by molar-refractivity contribution is -0.117. The van der Waals surface area contributed by atoms with E-state index in [1.807, 2.05) is 24.4 Å². The van der Waals surface area contributed by atoms with Crippen LogP contribution in [0.15, 0.2) is 17.5 Å². The monoisotopic (exact) mass is 395 g/mol. The van der Waals surface area contributed by atoms with Gasteiger partial charge in [-0.15, -0.1) is 22.7 Å². The van der Waals surface area contributed by atoms with Gasteiger partial charge in [-0.1, -0.05) is 0 Å². The van der Waals surface area contributed by atoms with E-state index in [2.05, 4.69) is 15.6 Å². The highest BCUT2D eigenvalue weighted by Gasteiger charge is 2.27. The Hall–Kier alpha value is -1.93. The number of amides is 2. The highest BCUT2D eigenvalue weighted by atomic mass is 32.1. The first-order valence-electron chi connectivity index (χ1n) is 8.27. The van der Waals surface area contributed by atoms with Crippen molar-refractivity contribution in [2.75, 3.05) is 5.32 Å². The number of thiophene rings is 1. The summed E-state index contributed by atoms with van der Waals surface area (Å²) >= 11 is 3.05. The van der Waals surface area contributed by atoms with Gasteiger partial charge in [-0.05, 0) is 53.7 Å². The fourth-order valence-corrected chi connectivity index (χ4v) is 3.83. The van der Waals surface area contributed by atoms with Gasteiger partial charge in [0.25, 0.3) is 0 Å². The van der Waals surface area contributed by atoms with Crippen molar-refractivity contribution < 1.29 is 14.3 Å². The summed E-state index contributed by atoms with van der Waals surface area (Å²) in [5, 5.41) is 7.99. The van der Waals surface area contributed by atoms with Gasteiger partial charge < -0.3 is 15.4 Å². The van der Waals surface area contributed by atoms with Crippen molar-refractivity contribution in [2.24, 2.45) is 0 Å². The maximum atomic E-state index is 12.3. The first-order chi connectivity index (χ1) is 11.9. The third-order valence-electron chi connectivity index (χ3n) is 3.19. The van der Waals surface area contributed by atoms with E-state index in [0.29, 0.717) is 5.13 Å². The van der Waals surface area contributed by atoms with Crippen molar-refractivity contribution in [2.45, 2.75) is 59.1 Å². The molecule has 0 aliphatic rings. The second-order valence-corrected chi connectivity index (χ2v) is 9.83. The van der Waals surface area contributed by atoms with Crippen LogP contribution in [0.25, 0.3) is 10.6 Å². The maximum Gasteiger partial charge on any atom is 0.408 e. The van der Waals surface area contributed by atoms with Gasteiger partial charge in [0.05, 0.1) is 10.6 Å². The van der Waals surface area contributed by atoms with E-state index in [-0.39, 0.29) is 12.3 Å². The van der Waals surface area contributed by atoms with Crippen LogP contribution in [-0.4, -0.2) is 28.1 Å². The molecule has 0 bridgehead atoms. The lowest BCUT2D eigenvalue weighted by Crippen LogP contribution is -2.47. The molecule has 0 aliphatic carbocycles. The lowest BCUT2D eigenvalue weighted by atomic mass is 10.0. The van der Waals surface area contributed by atoms with Crippen molar-refractivity contribution in [1.82, 2.24) is 10.3 Å². The summed E-state index contributed by atoms with van der Waals surface area (Å²) < 4.78 is 5.24. The average molecular weight is 396 g/mol. The van der Waals surface area contributed by atoms with Crippen LogP contribution in [0, 0.1) is 6.92 Å². The number of nitrogens with zero attached hydrogens (tertiary/aromatic N) is 1. The van der Waals surface area contributed by atoms with Crippen molar-refractivity contribution >= 4 is 39.8 Å². The maximum absolute atomic E-state index is 12.3. The number of aromatic nitrogens is 1. The Balaban J connectivity index is 1.91. The number of hydrogen-bond donors (Lipinski definition) is 2. The Morgan fingerprint density at radius 2 is 1.88 bits per heavy atom. The Morgan fingerprint density at radius 3 is 2.46 bits per heavy atom. The van der Waals surface area contributed by atoms with Crippen LogP contribution in [-0.2, 0) is 9.53 Å². The van der Waals surface area contributed by atoms with Crippen LogP contribution in [0.2, 0.25) is 0 Å². The number of nitrogens with one attached hydrogen (secondary N) is 2. The summed E-state index contributed by atoms with van der Waals surface area (Å²) in [6.45, 7) is 11.0. The van der Waals surface area contributed by atoms with Gasteiger partial charge in [-0.2, -0.15) is 0 Å². The Labute approximate surface area is 162 Å². The second-order valence-electron chi connectivity index (χ2n) is 7.68. The third kappa shape index (κ3) is 6.42. The molecule has 0 unspecified atom stereocenters. The predicted octanol–water partition coefficient (Wildman–Crippen LogP) is 4.81. The third-order valence-corrected chi connectivity index (χ3v) is 4.97. The molecule has 26 heavy (non-hydrogen) atoms. The smallest absolute Gasteiger partial charge is 0.408 e. The Bertz CT molecular complexity index is 788. The number of hydrogen-bond acceptors (Lipinski definition) is 6. The van der Waals surface area contributed by atoms with Crippen molar-refractivity contribution in [1.29, 1.82) is 0 Å². The topological polar surface area (TPSA) is 80.3 Å². The number of alkyl carbamates (subject to hydrolysis) is 1. The van der Waals surface area contributed by atoms with Crippen molar-refractivity contribution in [3.05, 3.63) is 22.4 Å². The molecule has 2 heterocycles. The van der Waals surface area contributed by atoms with Gasteiger partial charge in [-0.25, -0.2) is 9.78 Å². The van der Waals surface area contributed by atoms with E-state index >= 15 is 0 Å². The second kappa shape index (κ2) is 7.75. The van der Waals surface area contributed by atoms with Crippen molar-refractivity contribution in [3.8, 4) is 10.6 Å². The molecule has 6 nitrogen and oxygen atoms in total. The molecule has 8 heteroatoms. The van der Waals surface area contributed by atoms with E-state index in [1.54, 1.807) is 46.0 Å². The van der Waals surface area contributed by atoms with Crippen LogP contribution in [0.5, 0.6) is 0 Å². The van der Waals surface area contributed by atoms with Crippen LogP contribution in [0.4, 0.5) is 9.93 Å².